The molecule has 22 heavy (non-hydrogen) atoms. The van der Waals surface area contributed by atoms with E-state index < -0.39 is 32.6 Å². The van der Waals surface area contributed by atoms with Crippen molar-refractivity contribution in [2.45, 2.75) is 36.6 Å². The smallest absolute Gasteiger partial charge is 0.246 e. The number of benzene rings is 1. The summed E-state index contributed by atoms with van der Waals surface area (Å²) >= 11 is 0. The molecule has 0 unspecified atom stereocenters. The van der Waals surface area contributed by atoms with Gasteiger partial charge in [0, 0.05) is 6.04 Å². The van der Waals surface area contributed by atoms with Gasteiger partial charge in [-0.3, -0.25) is 0 Å². The monoisotopic (exact) mass is 329 g/mol. The van der Waals surface area contributed by atoms with Crippen molar-refractivity contribution < 1.29 is 17.2 Å². The Morgan fingerprint density at radius 2 is 1.86 bits per heavy atom. The first-order valence-electron chi connectivity index (χ1n) is 7.00. The van der Waals surface area contributed by atoms with Gasteiger partial charge in [0.1, 0.15) is 11.6 Å². The number of nitrogens with two attached hydrogens (primary N) is 1. The average Bonchev–Trinajstić information content (AvgIpc) is 2.46. The van der Waals surface area contributed by atoms with Crippen molar-refractivity contribution in [1.29, 1.82) is 5.26 Å². The lowest BCUT2D eigenvalue weighted by molar-refractivity contribution is 0.295. The topological polar surface area (TPSA) is 96.0 Å². The number of nitrogens with zero attached hydrogens (tertiary/aromatic N) is 1. The predicted octanol–water partition coefficient (Wildman–Crippen LogP) is 1.63. The molecule has 0 radical (unpaired) electrons. The third-order valence-electron chi connectivity index (χ3n) is 3.91. The van der Waals surface area contributed by atoms with Crippen molar-refractivity contribution >= 4 is 10.0 Å². The first-order valence-corrected chi connectivity index (χ1v) is 8.49. The average molecular weight is 329 g/mol. The minimum Gasteiger partial charge on any atom is -0.330 e. The van der Waals surface area contributed by atoms with E-state index >= 15 is 0 Å². The van der Waals surface area contributed by atoms with Crippen molar-refractivity contribution in [2.75, 3.05) is 6.54 Å². The van der Waals surface area contributed by atoms with E-state index in [4.69, 9.17) is 11.0 Å². The molecule has 1 aliphatic carbocycles. The first kappa shape index (κ1) is 16.8. The van der Waals surface area contributed by atoms with Crippen LogP contribution in [0.2, 0.25) is 0 Å². The molecule has 120 valence electrons. The van der Waals surface area contributed by atoms with E-state index in [-0.39, 0.29) is 11.5 Å². The molecular formula is C14H17F2N3O2S. The van der Waals surface area contributed by atoms with Gasteiger partial charge in [-0.25, -0.2) is 21.9 Å². The number of rotatable bonds is 4. The molecule has 5 nitrogen and oxygen atoms in total. The zero-order valence-electron chi connectivity index (χ0n) is 11.9. The quantitative estimate of drug-likeness (QED) is 0.877. The number of hydrogen-bond acceptors (Lipinski definition) is 4. The number of nitrogens with one attached hydrogen (secondary N) is 1. The Morgan fingerprint density at radius 1 is 1.27 bits per heavy atom. The van der Waals surface area contributed by atoms with Gasteiger partial charge in [0.05, 0.1) is 11.6 Å². The van der Waals surface area contributed by atoms with Gasteiger partial charge in [-0.1, -0.05) is 12.8 Å². The van der Waals surface area contributed by atoms with Crippen LogP contribution in [0.5, 0.6) is 0 Å². The van der Waals surface area contributed by atoms with Gasteiger partial charge in [0.2, 0.25) is 10.0 Å². The zero-order valence-corrected chi connectivity index (χ0v) is 12.7. The first-order chi connectivity index (χ1) is 10.4. The summed E-state index contributed by atoms with van der Waals surface area (Å²) in [5.41, 5.74) is 5.36. The summed E-state index contributed by atoms with van der Waals surface area (Å²) in [6.07, 6.45) is 3.16. The molecule has 1 saturated carbocycles. The second kappa shape index (κ2) is 6.69. The standard InChI is InChI=1S/C14H17F2N3O2S/c15-11-5-9(7-17)6-12(16)14(11)22(20,21)19-13-4-2-1-3-10(13)8-18/h5-6,10,13,19H,1-4,8,18H2/t10-,13+/m1/s1. The highest BCUT2D eigenvalue weighted by molar-refractivity contribution is 7.89. The lowest BCUT2D eigenvalue weighted by Crippen LogP contribution is -2.45. The fourth-order valence-electron chi connectivity index (χ4n) is 2.78. The van der Waals surface area contributed by atoms with Gasteiger partial charge in [-0.2, -0.15) is 5.26 Å². The zero-order chi connectivity index (χ0) is 16.3. The van der Waals surface area contributed by atoms with Gasteiger partial charge in [-0.05, 0) is 37.4 Å². The van der Waals surface area contributed by atoms with Crippen LogP contribution in [0.4, 0.5) is 8.78 Å². The summed E-state index contributed by atoms with van der Waals surface area (Å²) < 4.78 is 54.7. The molecule has 1 fully saturated rings. The summed E-state index contributed by atoms with van der Waals surface area (Å²) in [4.78, 5) is -1.05. The van der Waals surface area contributed by atoms with Crippen LogP contribution in [-0.4, -0.2) is 21.0 Å². The molecule has 2 atom stereocenters. The Morgan fingerprint density at radius 3 is 2.41 bits per heavy atom. The van der Waals surface area contributed by atoms with Crippen molar-refractivity contribution in [1.82, 2.24) is 4.72 Å². The van der Waals surface area contributed by atoms with E-state index in [1.165, 1.54) is 0 Å². The highest BCUT2D eigenvalue weighted by Crippen LogP contribution is 2.27. The minimum atomic E-state index is -4.35. The van der Waals surface area contributed by atoms with Gasteiger partial charge < -0.3 is 5.73 Å². The van der Waals surface area contributed by atoms with E-state index in [2.05, 4.69) is 4.72 Å². The lowest BCUT2D eigenvalue weighted by atomic mass is 9.85. The number of hydrogen-bond donors (Lipinski definition) is 2. The molecule has 0 spiro atoms. The highest BCUT2D eigenvalue weighted by atomic mass is 32.2. The fourth-order valence-corrected chi connectivity index (χ4v) is 4.24. The maximum atomic E-state index is 13.9. The van der Waals surface area contributed by atoms with Crippen LogP contribution in [0.25, 0.3) is 0 Å². The lowest BCUT2D eigenvalue weighted by Gasteiger charge is -2.31. The van der Waals surface area contributed by atoms with Crippen LogP contribution >= 0.6 is 0 Å². The van der Waals surface area contributed by atoms with Crippen molar-refractivity contribution in [3.8, 4) is 6.07 Å². The van der Waals surface area contributed by atoms with E-state index in [1.54, 1.807) is 6.07 Å². The second-order valence-corrected chi connectivity index (χ2v) is 7.04. The van der Waals surface area contributed by atoms with E-state index in [0.29, 0.717) is 25.1 Å². The summed E-state index contributed by atoms with van der Waals surface area (Å²) in [7, 11) is -4.35. The molecule has 0 bridgehead atoms. The Labute approximate surface area is 128 Å². The maximum absolute atomic E-state index is 13.9. The predicted molar refractivity (Wildman–Crippen MR) is 76.2 cm³/mol. The molecule has 8 heteroatoms. The molecule has 0 amide bonds. The van der Waals surface area contributed by atoms with Gasteiger partial charge in [-0.15, -0.1) is 0 Å². The van der Waals surface area contributed by atoms with Crippen molar-refractivity contribution in [3.05, 3.63) is 29.3 Å². The number of sulfonamides is 1. The van der Waals surface area contributed by atoms with Crippen LogP contribution in [0.1, 0.15) is 31.2 Å². The summed E-state index contributed by atoms with van der Waals surface area (Å²) in [6.45, 7) is 0.311. The van der Waals surface area contributed by atoms with E-state index in [9.17, 15) is 17.2 Å². The van der Waals surface area contributed by atoms with E-state index in [1.807, 2.05) is 0 Å². The third-order valence-corrected chi connectivity index (χ3v) is 5.45. The second-order valence-electron chi connectivity index (χ2n) is 5.39. The van der Waals surface area contributed by atoms with Crippen LogP contribution < -0.4 is 10.5 Å². The maximum Gasteiger partial charge on any atom is 0.246 e. The Bertz CT molecular complexity index is 678. The summed E-state index contributed by atoms with van der Waals surface area (Å²) in [5.74, 6) is -2.60. The summed E-state index contributed by atoms with van der Waals surface area (Å²) in [5, 5.41) is 8.65. The molecule has 3 N–H and O–H groups in total. The number of halogens is 2. The molecule has 1 aliphatic rings. The minimum absolute atomic E-state index is 0.0481. The Balaban J connectivity index is 2.33. The van der Waals surface area contributed by atoms with Crippen molar-refractivity contribution in [2.24, 2.45) is 11.7 Å². The molecule has 1 aromatic rings. The Hall–Kier alpha value is -1.56. The molecule has 2 rings (SSSR count). The number of nitriles is 1. The molecule has 0 aromatic heterocycles. The molecule has 0 saturated heterocycles. The molecule has 0 heterocycles. The summed E-state index contributed by atoms with van der Waals surface area (Å²) in [6, 6.07) is 2.56. The molecule has 0 aliphatic heterocycles. The molecular weight excluding hydrogens is 312 g/mol. The van der Waals surface area contributed by atoms with Crippen LogP contribution in [-0.2, 0) is 10.0 Å². The third kappa shape index (κ3) is 3.43. The Kier molecular flexibility index (Phi) is 5.11. The fraction of sp³-hybridized carbons (Fsp3) is 0.500. The normalized spacial score (nSPS) is 22.3. The molecule has 1 aromatic carbocycles. The SMILES string of the molecule is N#Cc1cc(F)c(S(=O)(=O)N[C@H]2CCCC[C@@H]2CN)c(F)c1. The largest absolute Gasteiger partial charge is 0.330 e. The van der Waals surface area contributed by atoms with E-state index in [0.717, 1.165) is 19.3 Å². The van der Waals surface area contributed by atoms with Crippen molar-refractivity contribution in [3.63, 3.8) is 0 Å². The van der Waals surface area contributed by atoms with Gasteiger partial charge >= 0.3 is 0 Å². The van der Waals surface area contributed by atoms with Crippen LogP contribution in [0.15, 0.2) is 17.0 Å². The van der Waals surface area contributed by atoms with Crippen LogP contribution in [0, 0.1) is 28.9 Å². The van der Waals surface area contributed by atoms with Crippen LogP contribution in [0.3, 0.4) is 0 Å². The highest BCUT2D eigenvalue weighted by Gasteiger charge is 2.32. The van der Waals surface area contributed by atoms with Gasteiger partial charge in [0.25, 0.3) is 0 Å². The van der Waals surface area contributed by atoms with Gasteiger partial charge in [0.15, 0.2) is 4.90 Å².